The summed E-state index contributed by atoms with van der Waals surface area (Å²) in [5.41, 5.74) is 1.44. The fourth-order valence-electron chi connectivity index (χ4n) is 2.79. The molecule has 0 spiro atoms. The normalized spacial score (nSPS) is 12.5. The van der Waals surface area contributed by atoms with Gasteiger partial charge in [-0.05, 0) is 45.3 Å². The van der Waals surface area contributed by atoms with E-state index in [9.17, 15) is 0 Å². The van der Waals surface area contributed by atoms with Gasteiger partial charge in [-0.3, -0.25) is 0 Å². The monoisotopic (exact) mass is 315 g/mol. The molecule has 126 valence electrons. The Bertz CT molecular complexity index is 551. The van der Waals surface area contributed by atoms with Crippen molar-refractivity contribution < 1.29 is 4.74 Å². The van der Waals surface area contributed by atoms with Gasteiger partial charge in [0.25, 0.3) is 6.01 Å². The van der Waals surface area contributed by atoms with E-state index in [1.165, 1.54) is 31.2 Å². The van der Waals surface area contributed by atoms with Crippen molar-refractivity contribution in [3.8, 4) is 6.01 Å². The van der Waals surface area contributed by atoms with Crippen LogP contribution in [0.15, 0.2) is 42.7 Å². The highest BCUT2D eigenvalue weighted by atomic mass is 16.5. The van der Waals surface area contributed by atoms with Gasteiger partial charge in [-0.2, -0.15) is 0 Å². The Morgan fingerprint density at radius 1 is 1.13 bits per heavy atom. The molecule has 2 aromatic rings. The van der Waals surface area contributed by atoms with Gasteiger partial charge in [-0.15, -0.1) is 0 Å². The molecule has 0 aliphatic rings. The van der Waals surface area contributed by atoms with Crippen LogP contribution in [-0.2, 0) is 13.5 Å². The highest BCUT2D eigenvalue weighted by molar-refractivity contribution is 5.14. The van der Waals surface area contributed by atoms with Crippen molar-refractivity contribution >= 4 is 0 Å². The fourth-order valence-corrected chi connectivity index (χ4v) is 2.79. The maximum Gasteiger partial charge on any atom is 0.295 e. The van der Waals surface area contributed by atoms with Crippen LogP contribution in [0.4, 0.5) is 0 Å². The molecule has 0 aliphatic heterocycles. The highest BCUT2D eigenvalue weighted by Crippen LogP contribution is 2.13. The lowest BCUT2D eigenvalue weighted by molar-refractivity contribution is 0.199. The molecule has 2 rings (SSSR count). The van der Waals surface area contributed by atoms with Gasteiger partial charge in [-0.1, -0.05) is 36.8 Å². The van der Waals surface area contributed by atoms with Gasteiger partial charge in [0, 0.05) is 25.5 Å². The lowest BCUT2D eigenvalue weighted by atomic mass is 10.0. The van der Waals surface area contributed by atoms with Crippen LogP contribution in [0.1, 0.15) is 31.2 Å². The molecule has 0 aliphatic carbocycles. The number of ether oxygens (including phenoxy) is 1. The van der Waals surface area contributed by atoms with Gasteiger partial charge in [-0.25, -0.2) is 4.98 Å². The minimum Gasteiger partial charge on any atom is -0.465 e. The molecule has 1 aromatic heterocycles. The number of aromatic nitrogens is 2. The summed E-state index contributed by atoms with van der Waals surface area (Å²) in [6.45, 7) is 0.715. The van der Waals surface area contributed by atoms with E-state index in [0.29, 0.717) is 18.7 Å². The minimum atomic E-state index is 0.561. The Labute approximate surface area is 140 Å². The van der Waals surface area contributed by atoms with Crippen molar-refractivity contribution in [2.24, 2.45) is 7.05 Å². The second-order valence-corrected chi connectivity index (χ2v) is 6.31. The molecule has 0 saturated heterocycles. The number of hydrogen-bond donors (Lipinski definition) is 0. The zero-order valence-electron chi connectivity index (χ0n) is 14.6. The van der Waals surface area contributed by atoms with Crippen molar-refractivity contribution in [2.45, 2.75) is 38.1 Å². The summed E-state index contributed by atoms with van der Waals surface area (Å²) < 4.78 is 7.67. The van der Waals surface area contributed by atoms with E-state index in [0.717, 1.165) is 6.42 Å². The molecule has 0 bridgehead atoms. The number of imidazole rings is 1. The first-order valence-electron chi connectivity index (χ1n) is 8.47. The van der Waals surface area contributed by atoms with Crippen LogP contribution in [0.2, 0.25) is 0 Å². The van der Waals surface area contributed by atoms with Crippen molar-refractivity contribution in [2.75, 3.05) is 20.7 Å². The van der Waals surface area contributed by atoms with Gasteiger partial charge < -0.3 is 14.2 Å². The van der Waals surface area contributed by atoms with Gasteiger partial charge in [0.05, 0.1) is 6.61 Å². The highest BCUT2D eigenvalue weighted by Gasteiger charge is 2.12. The summed E-state index contributed by atoms with van der Waals surface area (Å²) in [5, 5.41) is 0. The lowest BCUT2D eigenvalue weighted by Gasteiger charge is -2.24. The van der Waals surface area contributed by atoms with Gasteiger partial charge in [0.15, 0.2) is 0 Å². The van der Waals surface area contributed by atoms with E-state index < -0.39 is 0 Å². The van der Waals surface area contributed by atoms with Crippen molar-refractivity contribution in [3.63, 3.8) is 0 Å². The first-order valence-corrected chi connectivity index (χ1v) is 8.47. The summed E-state index contributed by atoms with van der Waals surface area (Å²) in [7, 11) is 6.26. The molecule has 4 nitrogen and oxygen atoms in total. The third-order valence-corrected chi connectivity index (χ3v) is 4.29. The average Bonchev–Trinajstić information content (AvgIpc) is 2.95. The van der Waals surface area contributed by atoms with Gasteiger partial charge in [0.2, 0.25) is 0 Å². The average molecular weight is 315 g/mol. The van der Waals surface area contributed by atoms with Crippen LogP contribution in [0.3, 0.4) is 0 Å². The van der Waals surface area contributed by atoms with Crippen molar-refractivity contribution in [1.29, 1.82) is 0 Å². The van der Waals surface area contributed by atoms with E-state index in [-0.39, 0.29) is 0 Å². The van der Waals surface area contributed by atoms with Crippen LogP contribution in [-0.4, -0.2) is 41.2 Å². The van der Waals surface area contributed by atoms with Crippen LogP contribution < -0.4 is 4.74 Å². The molecular formula is C19H29N3O. The summed E-state index contributed by atoms with van der Waals surface area (Å²) in [5.74, 6) is 0. The largest absolute Gasteiger partial charge is 0.465 e. The van der Waals surface area contributed by atoms with Crippen LogP contribution in [0.25, 0.3) is 0 Å². The van der Waals surface area contributed by atoms with Crippen LogP contribution >= 0.6 is 0 Å². The Kier molecular flexibility index (Phi) is 7.14. The fraction of sp³-hybridized carbons (Fsp3) is 0.526. The Balaban J connectivity index is 1.66. The molecule has 0 fully saturated rings. The number of unbranched alkanes of at least 4 members (excludes halogenated alkanes) is 1. The van der Waals surface area contributed by atoms with E-state index >= 15 is 0 Å². The van der Waals surface area contributed by atoms with Crippen LogP contribution in [0, 0.1) is 0 Å². The SMILES string of the molecule is CN(C)C(CCCCc1ccccc1)CCOc1nccn1C. The number of aryl methyl sites for hydroxylation is 2. The predicted molar refractivity (Wildman–Crippen MR) is 94.8 cm³/mol. The molecule has 0 radical (unpaired) electrons. The smallest absolute Gasteiger partial charge is 0.295 e. The third-order valence-electron chi connectivity index (χ3n) is 4.29. The molecule has 1 heterocycles. The van der Waals surface area contributed by atoms with E-state index in [1.54, 1.807) is 6.20 Å². The standard InChI is InChI=1S/C19H29N3O/c1-21(2)18(13-16-23-19-20-14-15-22(19)3)12-8-7-11-17-9-5-4-6-10-17/h4-6,9-10,14-15,18H,7-8,11-13,16H2,1-3H3. The maximum atomic E-state index is 5.76. The Hall–Kier alpha value is -1.81. The molecule has 23 heavy (non-hydrogen) atoms. The summed E-state index contributed by atoms with van der Waals surface area (Å²) in [6.07, 6.45) is 9.58. The quantitative estimate of drug-likeness (QED) is 0.628. The second kappa shape index (κ2) is 9.36. The predicted octanol–water partition coefficient (Wildman–Crippen LogP) is 3.53. The molecular weight excluding hydrogens is 286 g/mol. The maximum absolute atomic E-state index is 5.76. The molecule has 1 atom stereocenters. The third kappa shape index (κ3) is 6.06. The Morgan fingerprint density at radius 2 is 1.91 bits per heavy atom. The zero-order chi connectivity index (χ0) is 16.5. The summed E-state index contributed by atoms with van der Waals surface area (Å²) in [4.78, 5) is 6.50. The number of rotatable bonds is 10. The zero-order valence-corrected chi connectivity index (χ0v) is 14.6. The summed E-state index contributed by atoms with van der Waals surface area (Å²) in [6, 6.07) is 12.0. The molecule has 0 N–H and O–H groups in total. The topological polar surface area (TPSA) is 30.3 Å². The lowest BCUT2D eigenvalue weighted by Crippen LogP contribution is -2.29. The first kappa shape index (κ1) is 17.5. The molecule has 1 unspecified atom stereocenters. The molecule has 4 heteroatoms. The van der Waals surface area contributed by atoms with Crippen molar-refractivity contribution in [3.05, 3.63) is 48.3 Å². The van der Waals surface area contributed by atoms with E-state index in [4.69, 9.17) is 4.74 Å². The first-order chi connectivity index (χ1) is 11.2. The van der Waals surface area contributed by atoms with Crippen molar-refractivity contribution in [1.82, 2.24) is 14.5 Å². The van der Waals surface area contributed by atoms with Gasteiger partial charge >= 0.3 is 0 Å². The van der Waals surface area contributed by atoms with E-state index in [2.05, 4.69) is 54.3 Å². The summed E-state index contributed by atoms with van der Waals surface area (Å²) >= 11 is 0. The molecule has 0 amide bonds. The number of benzene rings is 1. The molecule has 0 saturated carbocycles. The minimum absolute atomic E-state index is 0.561. The van der Waals surface area contributed by atoms with E-state index in [1.807, 2.05) is 17.8 Å². The number of hydrogen-bond acceptors (Lipinski definition) is 3. The molecule has 1 aromatic carbocycles. The number of nitrogens with zero attached hydrogens (tertiary/aromatic N) is 3. The van der Waals surface area contributed by atoms with Gasteiger partial charge in [0.1, 0.15) is 0 Å². The Morgan fingerprint density at radius 3 is 2.57 bits per heavy atom. The van der Waals surface area contributed by atoms with Crippen LogP contribution in [0.5, 0.6) is 6.01 Å². The second-order valence-electron chi connectivity index (χ2n) is 6.31.